The molecule has 1 aliphatic carbocycles. The van der Waals surface area contributed by atoms with Crippen molar-refractivity contribution in [3.8, 4) is 6.07 Å². The maximum Gasteiger partial charge on any atom is 0.224 e. The summed E-state index contributed by atoms with van der Waals surface area (Å²) in [5.41, 5.74) is 0. The first kappa shape index (κ1) is 21.7. The first-order chi connectivity index (χ1) is 13.0. The van der Waals surface area contributed by atoms with Crippen molar-refractivity contribution in [2.45, 2.75) is 41.6 Å². The van der Waals surface area contributed by atoms with Crippen LogP contribution in [0.25, 0.3) is 0 Å². The van der Waals surface area contributed by atoms with Crippen molar-refractivity contribution in [2.24, 2.45) is 11.8 Å². The largest absolute Gasteiger partial charge is 0.396 e. The van der Waals surface area contributed by atoms with E-state index in [2.05, 4.69) is 5.32 Å². The second-order valence-electron chi connectivity index (χ2n) is 6.61. The summed E-state index contributed by atoms with van der Waals surface area (Å²) in [5, 5.41) is 20.4. The zero-order valence-electron chi connectivity index (χ0n) is 15.2. The third kappa shape index (κ3) is 5.71. The third-order valence-corrected chi connectivity index (χ3v) is 9.07. The Labute approximate surface area is 165 Å². The first-order valence-corrected chi connectivity index (χ1v) is 11.8. The van der Waals surface area contributed by atoms with E-state index in [1.165, 1.54) is 11.8 Å². The number of benzene rings is 1. The molecule has 1 aliphatic rings. The zero-order chi connectivity index (χ0) is 19.7. The SMILES string of the molecule is N#CCNC(=O)[C@@H]1CCCC[C@H]1C(SCCCO)S(=O)(=O)c1ccccc1. The molecule has 1 saturated carbocycles. The van der Waals surface area contributed by atoms with E-state index in [0.29, 0.717) is 25.0 Å². The Bertz CT molecular complexity index is 747. The van der Waals surface area contributed by atoms with Crippen molar-refractivity contribution >= 4 is 27.5 Å². The van der Waals surface area contributed by atoms with Gasteiger partial charge in [0.2, 0.25) is 5.91 Å². The highest BCUT2D eigenvalue weighted by Gasteiger charge is 2.42. The van der Waals surface area contributed by atoms with Crippen molar-refractivity contribution in [2.75, 3.05) is 18.9 Å². The van der Waals surface area contributed by atoms with E-state index in [0.717, 1.165) is 12.8 Å². The maximum atomic E-state index is 13.3. The number of hydrogen-bond acceptors (Lipinski definition) is 6. The van der Waals surface area contributed by atoms with E-state index in [-0.39, 0.29) is 29.9 Å². The molecule has 148 valence electrons. The van der Waals surface area contributed by atoms with Gasteiger partial charge in [0.15, 0.2) is 9.84 Å². The van der Waals surface area contributed by atoms with E-state index in [4.69, 9.17) is 10.4 Å². The molecule has 0 aromatic heterocycles. The zero-order valence-corrected chi connectivity index (χ0v) is 16.8. The Morgan fingerprint density at radius 2 is 2.00 bits per heavy atom. The molecule has 0 spiro atoms. The van der Waals surface area contributed by atoms with Gasteiger partial charge in [-0.05, 0) is 43.1 Å². The van der Waals surface area contributed by atoms with Crippen molar-refractivity contribution in [1.82, 2.24) is 5.32 Å². The lowest BCUT2D eigenvalue weighted by molar-refractivity contribution is -0.127. The topological polar surface area (TPSA) is 107 Å². The Hall–Kier alpha value is -1.56. The number of carbonyl (C=O) groups excluding carboxylic acids is 1. The summed E-state index contributed by atoms with van der Waals surface area (Å²) in [6, 6.07) is 10.2. The van der Waals surface area contributed by atoms with Gasteiger partial charge in [0.05, 0.1) is 11.0 Å². The van der Waals surface area contributed by atoms with Gasteiger partial charge in [-0.1, -0.05) is 31.0 Å². The van der Waals surface area contributed by atoms with Gasteiger partial charge in [-0.3, -0.25) is 4.79 Å². The van der Waals surface area contributed by atoms with Gasteiger partial charge >= 0.3 is 0 Å². The van der Waals surface area contributed by atoms with Gasteiger partial charge in [0.25, 0.3) is 0 Å². The molecule has 8 heteroatoms. The van der Waals surface area contributed by atoms with Gasteiger partial charge in [0.1, 0.15) is 11.1 Å². The predicted molar refractivity (Wildman–Crippen MR) is 106 cm³/mol. The van der Waals surface area contributed by atoms with Gasteiger partial charge < -0.3 is 10.4 Å². The number of nitrogens with one attached hydrogen (secondary N) is 1. The van der Waals surface area contributed by atoms with Crippen molar-refractivity contribution in [1.29, 1.82) is 5.26 Å². The number of nitriles is 1. The van der Waals surface area contributed by atoms with Crippen LogP contribution in [0.5, 0.6) is 0 Å². The molecule has 0 bridgehead atoms. The molecule has 0 saturated heterocycles. The van der Waals surface area contributed by atoms with Crippen molar-refractivity contribution < 1.29 is 18.3 Å². The van der Waals surface area contributed by atoms with Crippen LogP contribution in [0.2, 0.25) is 0 Å². The standard InChI is InChI=1S/C19H26N2O4S2/c20-11-12-21-18(23)16-9-4-5-10-17(16)19(26-14-6-13-22)27(24,25)15-7-2-1-3-8-15/h1-3,7-8,16-17,19,22H,4-6,9-10,12-14H2,(H,21,23)/t16-,17-,19?/m1/s1. The van der Waals surface area contributed by atoms with Gasteiger partial charge in [-0.2, -0.15) is 5.26 Å². The van der Waals surface area contributed by atoms with Crippen LogP contribution in [-0.4, -0.2) is 42.9 Å². The number of carbonyl (C=O) groups is 1. The molecule has 1 amide bonds. The van der Waals surface area contributed by atoms with Crippen LogP contribution in [0.1, 0.15) is 32.1 Å². The predicted octanol–water partition coefficient (Wildman–Crippen LogP) is 2.35. The number of aliphatic hydroxyl groups excluding tert-OH is 1. The Morgan fingerprint density at radius 1 is 1.30 bits per heavy atom. The summed E-state index contributed by atoms with van der Waals surface area (Å²) in [6.07, 6.45) is 3.55. The maximum absolute atomic E-state index is 13.3. The smallest absolute Gasteiger partial charge is 0.224 e. The monoisotopic (exact) mass is 410 g/mol. The molecule has 3 atom stereocenters. The fourth-order valence-corrected chi connectivity index (χ4v) is 7.55. The van der Waals surface area contributed by atoms with Crippen LogP contribution in [0.15, 0.2) is 35.2 Å². The summed E-state index contributed by atoms with van der Waals surface area (Å²) in [6.45, 7) is -0.0718. The van der Waals surface area contributed by atoms with Crippen LogP contribution in [0.3, 0.4) is 0 Å². The van der Waals surface area contributed by atoms with Crippen LogP contribution >= 0.6 is 11.8 Å². The molecular formula is C19H26N2O4S2. The lowest BCUT2D eigenvalue weighted by Gasteiger charge is -2.35. The minimum Gasteiger partial charge on any atom is -0.396 e. The average molecular weight is 411 g/mol. The van der Waals surface area contributed by atoms with Crippen LogP contribution in [-0.2, 0) is 14.6 Å². The van der Waals surface area contributed by atoms with Crippen LogP contribution < -0.4 is 5.32 Å². The van der Waals surface area contributed by atoms with Gasteiger partial charge in [-0.15, -0.1) is 11.8 Å². The molecule has 2 N–H and O–H groups in total. The number of amides is 1. The van der Waals surface area contributed by atoms with E-state index >= 15 is 0 Å². The minimum atomic E-state index is -3.63. The summed E-state index contributed by atoms with van der Waals surface area (Å²) in [7, 11) is -3.63. The molecule has 1 fully saturated rings. The summed E-state index contributed by atoms with van der Waals surface area (Å²) >= 11 is 1.31. The molecule has 6 nitrogen and oxygen atoms in total. The van der Waals surface area contributed by atoms with E-state index in [9.17, 15) is 13.2 Å². The molecule has 0 heterocycles. The molecule has 2 rings (SSSR count). The highest BCUT2D eigenvalue weighted by molar-refractivity contribution is 8.13. The van der Waals surface area contributed by atoms with Gasteiger partial charge in [0, 0.05) is 12.5 Å². The second-order valence-corrected chi connectivity index (χ2v) is 10.2. The Morgan fingerprint density at radius 3 is 2.67 bits per heavy atom. The Kier molecular flexibility index (Phi) is 8.61. The minimum absolute atomic E-state index is 0.00184. The highest BCUT2D eigenvalue weighted by atomic mass is 32.3. The number of aliphatic hydroxyl groups is 1. The first-order valence-electron chi connectivity index (χ1n) is 9.18. The van der Waals surface area contributed by atoms with Crippen LogP contribution in [0, 0.1) is 23.2 Å². The quantitative estimate of drug-likeness (QED) is 0.478. The van der Waals surface area contributed by atoms with Crippen molar-refractivity contribution in [3.63, 3.8) is 0 Å². The second kappa shape index (κ2) is 10.7. The molecule has 1 unspecified atom stereocenters. The molecular weight excluding hydrogens is 384 g/mol. The summed E-state index contributed by atoms with van der Waals surface area (Å²) in [5.74, 6) is -0.461. The molecule has 0 radical (unpaired) electrons. The number of sulfone groups is 1. The molecule has 0 aliphatic heterocycles. The Balaban J connectivity index is 2.33. The highest BCUT2D eigenvalue weighted by Crippen LogP contribution is 2.41. The van der Waals surface area contributed by atoms with E-state index in [1.54, 1.807) is 30.3 Å². The number of hydrogen-bond donors (Lipinski definition) is 2. The lowest BCUT2D eigenvalue weighted by atomic mass is 9.79. The number of rotatable bonds is 9. The normalized spacial score (nSPS) is 21.2. The average Bonchev–Trinajstić information content (AvgIpc) is 2.70. The number of nitrogens with zero attached hydrogens (tertiary/aromatic N) is 1. The molecule has 1 aromatic carbocycles. The summed E-state index contributed by atoms with van der Waals surface area (Å²) in [4.78, 5) is 12.8. The fraction of sp³-hybridized carbons (Fsp3) is 0.579. The molecule has 1 aromatic rings. The van der Waals surface area contributed by atoms with Crippen LogP contribution in [0.4, 0.5) is 0 Å². The van der Waals surface area contributed by atoms with Gasteiger partial charge in [-0.25, -0.2) is 8.42 Å². The summed E-state index contributed by atoms with van der Waals surface area (Å²) < 4.78 is 25.9. The van der Waals surface area contributed by atoms with E-state index in [1.807, 2.05) is 6.07 Å². The third-order valence-electron chi connectivity index (χ3n) is 4.81. The lowest BCUT2D eigenvalue weighted by Crippen LogP contribution is -2.43. The van der Waals surface area contributed by atoms with E-state index < -0.39 is 20.3 Å². The fourth-order valence-electron chi connectivity index (χ4n) is 3.52. The number of thioether (sulfide) groups is 1. The van der Waals surface area contributed by atoms with Crippen molar-refractivity contribution in [3.05, 3.63) is 30.3 Å². The molecule has 27 heavy (non-hydrogen) atoms.